The van der Waals surface area contributed by atoms with Crippen LogP contribution in [0.4, 0.5) is 11.4 Å². The van der Waals surface area contributed by atoms with Gasteiger partial charge in [-0.2, -0.15) is 0 Å². The van der Waals surface area contributed by atoms with Crippen molar-refractivity contribution in [2.45, 2.75) is 0 Å². The molecule has 0 unspecified atom stereocenters. The first kappa shape index (κ1) is 15.5. The predicted octanol–water partition coefficient (Wildman–Crippen LogP) is 1.41. The molecule has 1 aromatic heterocycles. The molecule has 0 fully saturated rings. The topological polar surface area (TPSA) is 114 Å². The molecule has 0 aliphatic rings. The number of hydrogen-bond acceptors (Lipinski definition) is 4. The third-order valence-electron chi connectivity index (χ3n) is 2.65. The molecule has 0 aliphatic carbocycles. The van der Waals surface area contributed by atoms with E-state index in [9.17, 15) is 14.4 Å². The quantitative estimate of drug-likeness (QED) is 0.586. The van der Waals surface area contributed by atoms with E-state index in [-0.39, 0.29) is 22.1 Å². The van der Waals surface area contributed by atoms with Crippen LogP contribution in [-0.4, -0.2) is 22.7 Å². The number of aromatic nitrogens is 1. The van der Waals surface area contributed by atoms with Gasteiger partial charge in [0.25, 0.3) is 5.91 Å². The first-order valence-corrected chi connectivity index (χ1v) is 6.48. The zero-order chi connectivity index (χ0) is 16.1. The van der Waals surface area contributed by atoms with Crippen LogP contribution >= 0.6 is 11.6 Å². The Balaban J connectivity index is 2.11. The van der Waals surface area contributed by atoms with Crippen LogP contribution in [0.25, 0.3) is 0 Å². The van der Waals surface area contributed by atoms with Gasteiger partial charge in [0.2, 0.25) is 0 Å². The van der Waals surface area contributed by atoms with Crippen LogP contribution in [-0.2, 0) is 9.59 Å². The maximum Gasteiger partial charge on any atom is 0.314 e. The minimum absolute atomic E-state index is 0.0567. The maximum absolute atomic E-state index is 11.9. The van der Waals surface area contributed by atoms with Crippen molar-refractivity contribution in [1.82, 2.24) is 4.98 Å². The zero-order valence-electron chi connectivity index (χ0n) is 11.2. The molecule has 0 aliphatic heterocycles. The van der Waals surface area contributed by atoms with Gasteiger partial charge in [-0.25, -0.2) is 4.98 Å². The number of nitrogens with two attached hydrogens (primary N) is 1. The van der Waals surface area contributed by atoms with Gasteiger partial charge in [-0.1, -0.05) is 23.7 Å². The molecule has 2 aromatic rings. The highest BCUT2D eigenvalue weighted by Gasteiger charge is 2.18. The molecule has 0 saturated carbocycles. The fraction of sp³-hybridized carbons (Fsp3) is 0. The minimum Gasteiger partial charge on any atom is -0.366 e. The summed E-state index contributed by atoms with van der Waals surface area (Å²) in [5, 5.41) is 4.69. The Kier molecular flexibility index (Phi) is 4.70. The lowest BCUT2D eigenvalue weighted by molar-refractivity contribution is -0.133. The average molecular weight is 319 g/mol. The Hall–Kier alpha value is -2.93. The highest BCUT2D eigenvalue weighted by molar-refractivity contribution is 6.44. The smallest absolute Gasteiger partial charge is 0.314 e. The second-order valence-electron chi connectivity index (χ2n) is 4.16. The van der Waals surface area contributed by atoms with Crippen molar-refractivity contribution in [3.8, 4) is 0 Å². The van der Waals surface area contributed by atoms with Gasteiger partial charge >= 0.3 is 11.8 Å². The summed E-state index contributed by atoms with van der Waals surface area (Å²) in [6, 6.07) is 9.14. The number of para-hydroxylation sites is 1. The number of nitrogens with one attached hydrogen (secondary N) is 2. The second kappa shape index (κ2) is 6.68. The number of benzene rings is 1. The van der Waals surface area contributed by atoms with Crippen LogP contribution < -0.4 is 16.4 Å². The number of pyridine rings is 1. The molecule has 1 heterocycles. The third-order valence-corrected chi connectivity index (χ3v) is 2.96. The highest BCUT2D eigenvalue weighted by atomic mass is 35.5. The van der Waals surface area contributed by atoms with E-state index in [4.69, 9.17) is 17.3 Å². The van der Waals surface area contributed by atoms with Crippen molar-refractivity contribution in [2.75, 3.05) is 10.6 Å². The summed E-state index contributed by atoms with van der Waals surface area (Å²) in [5.74, 6) is -2.63. The van der Waals surface area contributed by atoms with Crippen LogP contribution in [0.3, 0.4) is 0 Å². The molecule has 4 N–H and O–H groups in total. The van der Waals surface area contributed by atoms with Crippen molar-refractivity contribution >= 4 is 40.7 Å². The van der Waals surface area contributed by atoms with Gasteiger partial charge in [0.05, 0.1) is 16.9 Å². The molecule has 7 nitrogen and oxygen atoms in total. The van der Waals surface area contributed by atoms with E-state index >= 15 is 0 Å². The van der Waals surface area contributed by atoms with E-state index in [1.807, 2.05) is 0 Å². The van der Waals surface area contributed by atoms with E-state index in [2.05, 4.69) is 15.6 Å². The molecule has 3 amide bonds. The molecule has 1 aromatic carbocycles. The van der Waals surface area contributed by atoms with Gasteiger partial charge in [0.1, 0.15) is 0 Å². The van der Waals surface area contributed by atoms with Crippen molar-refractivity contribution in [3.63, 3.8) is 0 Å². The van der Waals surface area contributed by atoms with E-state index in [1.165, 1.54) is 24.4 Å². The normalized spacial score (nSPS) is 9.86. The van der Waals surface area contributed by atoms with Crippen LogP contribution in [0, 0.1) is 0 Å². The van der Waals surface area contributed by atoms with Crippen molar-refractivity contribution < 1.29 is 14.4 Å². The molecule has 112 valence electrons. The molecule has 0 saturated heterocycles. The van der Waals surface area contributed by atoms with Gasteiger partial charge in [-0.15, -0.1) is 0 Å². The molecular formula is C14H11ClN4O3. The lowest BCUT2D eigenvalue weighted by Gasteiger charge is -2.09. The number of amides is 3. The van der Waals surface area contributed by atoms with E-state index < -0.39 is 17.7 Å². The summed E-state index contributed by atoms with van der Waals surface area (Å²) >= 11 is 5.78. The van der Waals surface area contributed by atoms with Gasteiger partial charge in [0.15, 0.2) is 5.15 Å². The molecule has 22 heavy (non-hydrogen) atoms. The van der Waals surface area contributed by atoms with Gasteiger partial charge in [0, 0.05) is 6.20 Å². The van der Waals surface area contributed by atoms with E-state index in [0.717, 1.165) is 0 Å². The number of carbonyl (C=O) groups excluding carboxylic acids is 3. The van der Waals surface area contributed by atoms with E-state index in [1.54, 1.807) is 18.2 Å². The number of anilines is 2. The molecular weight excluding hydrogens is 308 g/mol. The predicted molar refractivity (Wildman–Crippen MR) is 81.5 cm³/mol. The lowest BCUT2D eigenvalue weighted by Crippen LogP contribution is -2.30. The van der Waals surface area contributed by atoms with Crippen molar-refractivity contribution in [2.24, 2.45) is 5.73 Å². The maximum atomic E-state index is 11.9. The number of hydrogen-bond donors (Lipinski definition) is 3. The molecule has 0 radical (unpaired) electrons. The summed E-state index contributed by atoms with van der Waals surface area (Å²) in [6.45, 7) is 0. The van der Waals surface area contributed by atoms with Crippen molar-refractivity contribution in [1.29, 1.82) is 0 Å². The monoisotopic (exact) mass is 318 g/mol. The fourth-order valence-electron chi connectivity index (χ4n) is 1.64. The molecule has 8 heteroatoms. The van der Waals surface area contributed by atoms with E-state index in [0.29, 0.717) is 0 Å². The average Bonchev–Trinajstić information content (AvgIpc) is 2.49. The molecule has 0 atom stereocenters. The number of rotatable bonds is 3. The molecule has 0 bridgehead atoms. The van der Waals surface area contributed by atoms with Gasteiger partial charge < -0.3 is 16.4 Å². The standard InChI is InChI=1S/C14H11ClN4O3/c15-11-10(6-3-7-17-11)19-14(22)13(21)18-9-5-2-1-4-8(9)12(16)20/h1-7H,(H2,16,20)(H,18,21)(H,19,22). The Morgan fingerprint density at radius 1 is 0.955 bits per heavy atom. The first-order chi connectivity index (χ1) is 10.5. The fourth-order valence-corrected chi connectivity index (χ4v) is 1.81. The summed E-state index contributed by atoms with van der Waals surface area (Å²) in [5.41, 5.74) is 5.64. The Labute approximate surface area is 130 Å². The first-order valence-electron chi connectivity index (χ1n) is 6.10. The van der Waals surface area contributed by atoms with Gasteiger partial charge in [-0.3, -0.25) is 14.4 Å². The largest absolute Gasteiger partial charge is 0.366 e. The van der Waals surface area contributed by atoms with Gasteiger partial charge in [-0.05, 0) is 24.3 Å². The van der Waals surface area contributed by atoms with Crippen LogP contribution in [0.1, 0.15) is 10.4 Å². The number of primary amides is 1. The van der Waals surface area contributed by atoms with Crippen LogP contribution in [0.2, 0.25) is 5.15 Å². The summed E-state index contributed by atoms with van der Waals surface area (Å²) in [6.07, 6.45) is 1.45. The summed E-state index contributed by atoms with van der Waals surface area (Å²) < 4.78 is 0. The summed E-state index contributed by atoms with van der Waals surface area (Å²) in [4.78, 5) is 38.7. The SMILES string of the molecule is NC(=O)c1ccccc1NC(=O)C(=O)Nc1cccnc1Cl. The van der Waals surface area contributed by atoms with Crippen molar-refractivity contribution in [3.05, 3.63) is 53.3 Å². The number of nitrogens with zero attached hydrogens (tertiary/aromatic N) is 1. The Bertz CT molecular complexity index is 748. The second-order valence-corrected chi connectivity index (χ2v) is 4.52. The molecule has 2 rings (SSSR count). The minimum atomic E-state index is -0.964. The number of halogens is 1. The summed E-state index contributed by atoms with van der Waals surface area (Å²) in [7, 11) is 0. The van der Waals surface area contributed by atoms with Crippen LogP contribution in [0.15, 0.2) is 42.6 Å². The third kappa shape index (κ3) is 3.58. The highest BCUT2D eigenvalue weighted by Crippen LogP contribution is 2.18. The Morgan fingerprint density at radius 2 is 1.55 bits per heavy atom. The molecule has 0 spiro atoms. The van der Waals surface area contributed by atoms with Crippen LogP contribution in [0.5, 0.6) is 0 Å². The Morgan fingerprint density at radius 3 is 2.18 bits per heavy atom. The zero-order valence-corrected chi connectivity index (χ0v) is 11.9. The lowest BCUT2D eigenvalue weighted by atomic mass is 10.1. The number of carbonyl (C=O) groups is 3.